The summed E-state index contributed by atoms with van der Waals surface area (Å²) in [7, 11) is 0. The van der Waals surface area contributed by atoms with Crippen LogP contribution in [0.2, 0.25) is 0 Å². The summed E-state index contributed by atoms with van der Waals surface area (Å²) in [5, 5.41) is 0. The van der Waals surface area contributed by atoms with E-state index in [0.717, 1.165) is 19.6 Å². The number of nitrogens with two attached hydrogens (primary N) is 1. The van der Waals surface area contributed by atoms with Crippen molar-refractivity contribution < 1.29 is 4.74 Å². The molecule has 0 amide bonds. The van der Waals surface area contributed by atoms with Gasteiger partial charge in [0.2, 0.25) is 0 Å². The van der Waals surface area contributed by atoms with Crippen molar-refractivity contribution in [1.82, 2.24) is 0 Å². The van der Waals surface area contributed by atoms with E-state index in [0.29, 0.717) is 0 Å². The largest absolute Gasteiger partial charge is 0.379 e. The van der Waals surface area contributed by atoms with Crippen LogP contribution in [0.5, 0.6) is 0 Å². The molecule has 2 N–H and O–H groups in total. The SMILES string of the molecule is CSc1ccc(C2(CC(C)N)COC2)cc1. The molecule has 0 bridgehead atoms. The van der Waals surface area contributed by atoms with Crippen LogP contribution < -0.4 is 5.73 Å². The minimum Gasteiger partial charge on any atom is -0.379 e. The molecule has 2 rings (SSSR count). The number of hydrogen-bond donors (Lipinski definition) is 1. The number of ether oxygens (including phenoxy) is 1. The molecule has 88 valence electrons. The highest BCUT2D eigenvalue weighted by atomic mass is 32.2. The lowest BCUT2D eigenvalue weighted by atomic mass is 9.74. The molecule has 1 unspecified atom stereocenters. The zero-order valence-electron chi connectivity index (χ0n) is 9.90. The minimum atomic E-state index is 0.172. The summed E-state index contributed by atoms with van der Waals surface area (Å²) in [6, 6.07) is 9.03. The lowest BCUT2D eigenvalue weighted by Gasteiger charge is -2.43. The maximum Gasteiger partial charge on any atom is 0.0586 e. The van der Waals surface area contributed by atoms with Gasteiger partial charge < -0.3 is 10.5 Å². The van der Waals surface area contributed by atoms with Gasteiger partial charge in [0.15, 0.2) is 0 Å². The summed E-state index contributed by atoms with van der Waals surface area (Å²) in [5.41, 5.74) is 7.46. The van der Waals surface area contributed by atoms with Gasteiger partial charge >= 0.3 is 0 Å². The molecule has 1 aliphatic rings. The van der Waals surface area contributed by atoms with Crippen LogP contribution in [0, 0.1) is 0 Å². The van der Waals surface area contributed by atoms with Gasteiger partial charge in [-0.1, -0.05) is 12.1 Å². The first kappa shape index (κ1) is 12.0. The number of hydrogen-bond acceptors (Lipinski definition) is 3. The summed E-state index contributed by atoms with van der Waals surface area (Å²) < 4.78 is 5.39. The predicted octanol–water partition coefficient (Wildman–Crippen LogP) is 2.41. The molecule has 0 saturated carbocycles. The number of benzene rings is 1. The Morgan fingerprint density at radius 1 is 1.38 bits per heavy atom. The van der Waals surface area contributed by atoms with Crippen LogP contribution in [0.25, 0.3) is 0 Å². The first-order valence-corrected chi connectivity index (χ1v) is 6.87. The topological polar surface area (TPSA) is 35.2 Å². The number of rotatable bonds is 4. The van der Waals surface area contributed by atoms with Crippen LogP contribution in [-0.4, -0.2) is 25.5 Å². The molecule has 0 spiro atoms. The fraction of sp³-hybridized carbons (Fsp3) is 0.538. The molecule has 1 atom stereocenters. The van der Waals surface area contributed by atoms with E-state index >= 15 is 0 Å². The van der Waals surface area contributed by atoms with Crippen LogP contribution in [0.1, 0.15) is 18.9 Å². The third-order valence-corrected chi connectivity index (χ3v) is 3.92. The Kier molecular flexibility index (Phi) is 3.57. The molecule has 1 fully saturated rings. The molecule has 1 aromatic rings. The summed E-state index contributed by atoms with van der Waals surface area (Å²) in [4.78, 5) is 1.31. The Balaban J connectivity index is 2.19. The van der Waals surface area contributed by atoms with Crippen LogP contribution in [0.4, 0.5) is 0 Å². The second-order valence-electron chi connectivity index (χ2n) is 4.68. The molecule has 0 aromatic heterocycles. The summed E-state index contributed by atoms with van der Waals surface area (Å²) >= 11 is 1.77. The molecule has 1 saturated heterocycles. The first-order valence-electron chi connectivity index (χ1n) is 5.64. The maximum atomic E-state index is 5.92. The van der Waals surface area contributed by atoms with Crippen LogP contribution in [0.15, 0.2) is 29.2 Å². The average Bonchev–Trinajstić information content (AvgIpc) is 2.23. The van der Waals surface area contributed by atoms with E-state index in [1.54, 1.807) is 11.8 Å². The van der Waals surface area contributed by atoms with E-state index in [2.05, 4.69) is 37.4 Å². The highest BCUT2D eigenvalue weighted by molar-refractivity contribution is 7.98. The molecule has 3 heteroatoms. The fourth-order valence-corrected chi connectivity index (χ4v) is 2.72. The van der Waals surface area contributed by atoms with Gasteiger partial charge in [0, 0.05) is 16.4 Å². The Bertz CT molecular complexity index is 343. The van der Waals surface area contributed by atoms with Crippen molar-refractivity contribution >= 4 is 11.8 Å². The average molecular weight is 237 g/mol. The van der Waals surface area contributed by atoms with E-state index in [9.17, 15) is 0 Å². The van der Waals surface area contributed by atoms with Crippen molar-refractivity contribution in [2.24, 2.45) is 5.73 Å². The van der Waals surface area contributed by atoms with E-state index < -0.39 is 0 Å². The van der Waals surface area contributed by atoms with Gasteiger partial charge in [-0.2, -0.15) is 0 Å². The van der Waals surface area contributed by atoms with Gasteiger partial charge in [0.25, 0.3) is 0 Å². The smallest absolute Gasteiger partial charge is 0.0586 e. The van der Waals surface area contributed by atoms with E-state index in [4.69, 9.17) is 10.5 Å². The minimum absolute atomic E-state index is 0.172. The van der Waals surface area contributed by atoms with Crippen LogP contribution >= 0.6 is 11.8 Å². The van der Waals surface area contributed by atoms with Crippen molar-refractivity contribution in [3.05, 3.63) is 29.8 Å². The molecule has 2 nitrogen and oxygen atoms in total. The fourth-order valence-electron chi connectivity index (χ4n) is 2.31. The second-order valence-corrected chi connectivity index (χ2v) is 5.56. The van der Waals surface area contributed by atoms with Crippen LogP contribution in [-0.2, 0) is 10.2 Å². The molecule has 1 heterocycles. The summed E-state index contributed by atoms with van der Waals surface area (Å²) in [6.45, 7) is 3.69. The van der Waals surface area contributed by atoms with Gasteiger partial charge in [0.1, 0.15) is 0 Å². The molecular weight excluding hydrogens is 218 g/mol. The predicted molar refractivity (Wildman–Crippen MR) is 69.0 cm³/mol. The highest BCUT2D eigenvalue weighted by Gasteiger charge is 2.40. The van der Waals surface area contributed by atoms with E-state index in [-0.39, 0.29) is 11.5 Å². The Labute approximate surface area is 102 Å². The zero-order valence-corrected chi connectivity index (χ0v) is 10.7. The van der Waals surface area contributed by atoms with Gasteiger partial charge in [-0.3, -0.25) is 0 Å². The van der Waals surface area contributed by atoms with Crippen molar-refractivity contribution in [3.63, 3.8) is 0 Å². The summed E-state index contributed by atoms with van der Waals surface area (Å²) in [5.74, 6) is 0. The Morgan fingerprint density at radius 2 is 2.00 bits per heavy atom. The molecule has 16 heavy (non-hydrogen) atoms. The molecule has 1 aromatic carbocycles. The van der Waals surface area contributed by atoms with E-state index in [1.807, 2.05) is 0 Å². The normalized spacial score (nSPS) is 20.2. The lowest BCUT2D eigenvalue weighted by molar-refractivity contribution is -0.0665. The van der Waals surface area contributed by atoms with Crippen molar-refractivity contribution in [2.45, 2.75) is 29.7 Å². The second kappa shape index (κ2) is 4.78. The lowest BCUT2D eigenvalue weighted by Crippen LogP contribution is -2.49. The van der Waals surface area contributed by atoms with Crippen molar-refractivity contribution in [3.8, 4) is 0 Å². The Hall–Kier alpha value is -0.510. The summed E-state index contributed by atoms with van der Waals surface area (Å²) in [6.07, 6.45) is 3.10. The molecule has 0 aliphatic carbocycles. The first-order chi connectivity index (χ1) is 7.66. The molecular formula is C13H19NOS. The van der Waals surface area contributed by atoms with E-state index in [1.165, 1.54) is 10.5 Å². The van der Waals surface area contributed by atoms with Crippen LogP contribution in [0.3, 0.4) is 0 Å². The van der Waals surface area contributed by atoms with Crippen molar-refractivity contribution in [1.29, 1.82) is 0 Å². The molecule has 0 radical (unpaired) electrons. The quantitative estimate of drug-likeness (QED) is 0.817. The van der Waals surface area contributed by atoms with Crippen molar-refractivity contribution in [2.75, 3.05) is 19.5 Å². The maximum absolute atomic E-state index is 5.92. The van der Waals surface area contributed by atoms with Gasteiger partial charge in [0.05, 0.1) is 13.2 Å². The van der Waals surface area contributed by atoms with Gasteiger partial charge in [-0.05, 0) is 37.3 Å². The zero-order chi connectivity index (χ0) is 11.6. The van der Waals surface area contributed by atoms with Gasteiger partial charge in [-0.15, -0.1) is 11.8 Å². The van der Waals surface area contributed by atoms with Gasteiger partial charge in [-0.25, -0.2) is 0 Å². The third kappa shape index (κ3) is 2.26. The molecule has 1 aliphatic heterocycles. The number of thioether (sulfide) groups is 1. The highest BCUT2D eigenvalue weighted by Crippen LogP contribution is 2.37. The third-order valence-electron chi connectivity index (χ3n) is 3.17. The standard InChI is InChI=1S/C13H19NOS/c1-10(14)7-13(8-15-9-13)11-3-5-12(16-2)6-4-11/h3-6,10H,7-9,14H2,1-2H3. The Morgan fingerprint density at radius 3 is 2.38 bits per heavy atom. The monoisotopic (exact) mass is 237 g/mol.